The van der Waals surface area contributed by atoms with Crippen LogP contribution >= 0.6 is 11.6 Å². The normalized spacial score (nSPS) is 23.4. The second-order valence-corrected chi connectivity index (χ2v) is 5.57. The van der Waals surface area contributed by atoms with Gasteiger partial charge < -0.3 is 5.43 Å². The van der Waals surface area contributed by atoms with Crippen molar-refractivity contribution in [2.45, 2.75) is 45.2 Å². The fourth-order valence-corrected chi connectivity index (χ4v) is 2.73. The number of piperidine rings is 1. The van der Waals surface area contributed by atoms with E-state index in [0.717, 1.165) is 12.8 Å². The van der Waals surface area contributed by atoms with E-state index in [1.807, 2.05) is 5.01 Å². The summed E-state index contributed by atoms with van der Waals surface area (Å²) < 4.78 is 0. The number of hydrogen-bond acceptors (Lipinski definition) is 5. The minimum absolute atomic E-state index is 0.202. The zero-order valence-corrected chi connectivity index (χ0v) is 12.4. The molecule has 2 unspecified atom stereocenters. The number of carbonyl (C=O) groups excluding carboxylic acids is 1. The molecule has 0 radical (unpaired) electrons. The Morgan fingerprint density at radius 1 is 1.40 bits per heavy atom. The minimum atomic E-state index is -0.202. The van der Waals surface area contributed by atoms with Gasteiger partial charge in [0, 0.05) is 17.6 Å². The van der Waals surface area contributed by atoms with Gasteiger partial charge in [0.1, 0.15) is 11.0 Å². The molecule has 1 aliphatic rings. The summed E-state index contributed by atoms with van der Waals surface area (Å²) in [5, 5.41) is 2.24. The Balaban J connectivity index is 2.13. The van der Waals surface area contributed by atoms with Crippen LogP contribution in [0, 0.1) is 0 Å². The Labute approximate surface area is 123 Å². The van der Waals surface area contributed by atoms with Crippen LogP contribution in [0.3, 0.4) is 0 Å². The van der Waals surface area contributed by atoms with Gasteiger partial charge in [-0.15, -0.1) is 0 Å². The number of anilines is 1. The highest BCUT2D eigenvalue weighted by Crippen LogP contribution is 2.21. The number of nitrogens with zero attached hydrogens (tertiary/aromatic N) is 2. The van der Waals surface area contributed by atoms with Gasteiger partial charge in [0.15, 0.2) is 0 Å². The predicted octanol–water partition coefficient (Wildman–Crippen LogP) is 1.93. The number of nitrogens with one attached hydrogen (secondary N) is 2. The molecule has 2 heterocycles. The molecule has 1 saturated heterocycles. The van der Waals surface area contributed by atoms with E-state index < -0.39 is 0 Å². The standard InChI is InChI=1S/C13H20ClN5O/c1-8-4-3-5-9(2)19(8)18-13(20)10-6-11(14)16-12(7-10)17-15/h6-9H,3-5,15H2,1-2H3,(H,16,17)(H,18,20). The van der Waals surface area contributed by atoms with Crippen molar-refractivity contribution in [2.24, 2.45) is 5.84 Å². The van der Waals surface area contributed by atoms with E-state index >= 15 is 0 Å². The molecule has 1 aliphatic heterocycles. The van der Waals surface area contributed by atoms with Gasteiger partial charge in [-0.1, -0.05) is 18.0 Å². The lowest BCUT2D eigenvalue weighted by atomic mass is 10.00. The first kappa shape index (κ1) is 15.0. The van der Waals surface area contributed by atoms with Crippen LogP contribution in [0.25, 0.3) is 0 Å². The van der Waals surface area contributed by atoms with E-state index in [0.29, 0.717) is 23.5 Å². The lowest BCUT2D eigenvalue weighted by Gasteiger charge is -2.38. The average molecular weight is 298 g/mol. The molecule has 0 bridgehead atoms. The SMILES string of the molecule is CC1CCCC(C)N1NC(=O)c1cc(Cl)nc(NN)c1. The first-order valence-corrected chi connectivity index (χ1v) is 7.12. The van der Waals surface area contributed by atoms with Crippen molar-refractivity contribution >= 4 is 23.3 Å². The molecule has 20 heavy (non-hydrogen) atoms. The molecule has 4 N–H and O–H groups in total. The Morgan fingerprint density at radius 3 is 2.65 bits per heavy atom. The summed E-state index contributed by atoms with van der Waals surface area (Å²) in [4.78, 5) is 16.3. The number of amides is 1. The van der Waals surface area contributed by atoms with E-state index in [1.165, 1.54) is 12.5 Å². The number of aromatic nitrogens is 1. The van der Waals surface area contributed by atoms with Crippen LogP contribution in [-0.4, -0.2) is 28.0 Å². The van der Waals surface area contributed by atoms with Crippen LogP contribution in [0.4, 0.5) is 5.82 Å². The van der Waals surface area contributed by atoms with Crippen molar-refractivity contribution in [1.29, 1.82) is 0 Å². The summed E-state index contributed by atoms with van der Waals surface area (Å²) in [6.07, 6.45) is 3.35. The third-order valence-electron chi connectivity index (χ3n) is 3.63. The number of carbonyl (C=O) groups is 1. The Bertz CT molecular complexity index is 486. The molecule has 2 rings (SSSR count). The van der Waals surface area contributed by atoms with Crippen LogP contribution in [0.2, 0.25) is 5.15 Å². The van der Waals surface area contributed by atoms with Gasteiger partial charge in [0.25, 0.3) is 5.91 Å². The molecule has 1 amide bonds. The fraction of sp³-hybridized carbons (Fsp3) is 0.538. The first-order valence-electron chi connectivity index (χ1n) is 6.74. The highest BCUT2D eigenvalue weighted by Gasteiger charge is 2.26. The molecule has 0 aromatic carbocycles. The smallest absolute Gasteiger partial charge is 0.265 e. The number of halogens is 1. The summed E-state index contributed by atoms with van der Waals surface area (Å²) in [5.41, 5.74) is 5.78. The summed E-state index contributed by atoms with van der Waals surface area (Å²) >= 11 is 5.87. The van der Waals surface area contributed by atoms with Gasteiger partial charge >= 0.3 is 0 Å². The molecule has 1 aromatic rings. The quantitative estimate of drug-likeness (QED) is 0.451. The van der Waals surface area contributed by atoms with Crippen molar-refractivity contribution in [3.63, 3.8) is 0 Å². The van der Waals surface area contributed by atoms with E-state index in [9.17, 15) is 4.79 Å². The van der Waals surface area contributed by atoms with Gasteiger partial charge in [-0.3, -0.25) is 10.2 Å². The monoisotopic (exact) mass is 297 g/mol. The molecule has 1 fully saturated rings. The largest absolute Gasteiger partial charge is 0.308 e. The number of pyridine rings is 1. The molecular formula is C13H20ClN5O. The van der Waals surface area contributed by atoms with Gasteiger partial charge in [-0.05, 0) is 38.8 Å². The third-order valence-corrected chi connectivity index (χ3v) is 3.82. The Kier molecular flexibility index (Phi) is 4.80. The lowest BCUT2D eigenvalue weighted by Crippen LogP contribution is -2.54. The van der Waals surface area contributed by atoms with Crippen molar-refractivity contribution in [1.82, 2.24) is 15.4 Å². The summed E-state index contributed by atoms with van der Waals surface area (Å²) in [6, 6.07) is 3.75. The van der Waals surface area contributed by atoms with Gasteiger partial charge in [0.05, 0.1) is 0 Å². The van der Waals surface area contributed by atoms with Crippen molar-refractivity contribution in [3.8, 4) is 0 Å². The number of hydrogen-bond donors (Lipinski definition) is 3. The van der Waals surface area contributed by atoms with Gasteiger partial charge in [-0.2, -0.15) is 0 Å². The molecule has 7 heteroatoms. The lowest BCUT2D eigenvalue weighted by molar-refractivity contribution is 0.0370. The van der Waals surface area contributed by atoms with Gasteiger partial charge in [0.2, 0.25) is 0 Å². The fourth-order valence-electron chi connectivity index (χ4n) is 2.53. The van der Waals surface area contributed by atoms with Crippen molar-refractivity contribution in [3.05, 3.63) is 22.8 Å². The second kappa shape index (κ2) is 6.39. The van der Waals surface area contributed by atoms with Crippen molar-refractivity contribution in [2.75, 3.05) is 5.43 Å². The van der Waals surface area contributed by atoms with Crippen LogP contribution in [0.5, 0.6) is 0 Å². The van der Waals surface area contributed by atoms with Crippen LogP contribution in [0.15, 0.2) is 12.1 Å². The van der Waals surface area contributed by atoms with Crippen LogP contribution in [0.1, 0.15) is 43.5 Å². The maximum atomic E-state index is 12.3. The number of rotatable bonds is 3. The summed E-state index contributed by atoms with van der Waals surface area (Å²) in [5.74, 6) is 5.46. The molecule has 1 aromatic heterocycles. The number of nitrogen functional groups attached to an aromatic ring is 1. The van der Waals surface area contributed by atoms with E-state index in [-0.39, 0.29) is 11.1 Å². The topological polar surface area (TPSA) is 83.3 Å². The second-order valence-electron chi connectivity index (χ2n) is 5.19. The first-order chi connectivity index (χ1) is 9.51. The highest BCUT2D eigenvalue weighted by atomic mass is 35.5. The Hall–Kier alpha value is -1.37. The summed E-state index contributed by atoms with van der Waals surface area (Å²) in [7, 11) is 0. The van der Waals surface area contributed by atoms with E-state index in [2.05, 4.69) is 29.7 Å². The maximum Gasteiger partial charge on any atom is 0.265 e. The predicted molar refractivity (Wildman–Crippen MR) is 79.1 cm³/mol. The molecule has 0 saturated carbocycles. The molecule has 0 aliphatic carbocycles. The maximum absolute atomic E-state index is 12.3. The zero-order chi connectivity index (χ0) is 14.7. The molecule has 0 spiro atoms. The highest BCUT2D eigenvalue weighted by molar-refractivity contribution is 6.29. The van der Waals surface area contributed by atoms with Crippen LogP contribution in [-0.2, 0) is 0 Å². The van der Waals surface area contributed by atoms with E-state index in [4.69, 9.17) is 17.4 Å². The van der Waals surface area contributed by atoms with Gasteiger partial charge in [-0.25, -0.2) is 15.8 Å². The van der Waals surface area contributed by atoms with Crippen molar-refractivity contribution < 1.29 is 4.79 Å². The number of nitrogens with two attached hydrogens (primary N) is 1. The average Bonchev–Trinajstić information content (AvgIpc) is 2.42. The Morgan fingerprint density at radius 2 is 2.05 bits per heavy atom. The third kappa shape index (κ3) is 3.39. The minimum Gasteiger partial charge on any atom is -0.308 e. The van der Waals surface area contributed by atoms with Crippen LogP contribution < -0.4 is 16.7 Å². The molecule has 6 nitrogen and oxygen atoms in total. The van der Waals surface area contributed by atoms with E-state index in [1.54, 1.807) is 6.07 Å². The zero-order valence-electron chi connectivity index (χ0n) is 11.7. The number of hydrazine groups is 2. The molecular weight excluding hydrogens is 278 g/mol. The molecule has 2 atom stereocenters. The molecule has 110 valence electrons. The summed E-state index contributed by atoms with van der Waals surface area (Å²) in [6.45, 7) is 4.23.